The van der Waals surface area contributed by atoms with E-state index in [2.05, 4.69) is 47.4 Å². The maximum atomic E-state index is 13.5. The summed E-state index contributed by atoms with van der Waals surface area (Å²) in [5, 5.41) is 2.56. The molecule has 4 aromatic carbocycles. The number of rotatable bonds is 5. The molecule has 1 heterocycles. The first kappa shape index (κ1) is 20.8. The van der Waals surface area contributed by atoms with Gasteiger partial charge in [0, 0.05) is 12.5 Å². The third-order valence-corrected chi connectivity index (χ3v) is 6.78. The highest BCUT2D eigenvalue weighted by Gasteiger charge is 2.29. The zero-order valence-electron chi connectivity index (χ0n) is 18.1. The molecule has 5 rings (SSSR count). The van der Waals surface area contributed by atoms with Gasteiger partial charge in [0.1, 0.15) is 11.6 Å². The molecule has 0 saturated carbocycles. The first-order valence-corrected chi connectivity index (χ1v) is 11.4. The predicted molar refractivity (Wildman–Crippen MR) is 127 cm³/mol. The standard InChI is InChI=1S/C29H27F2N/c30-27-11-7-23(8-12-27)29(24-9-13-28(31)14-10-24)25-15-17-32(18-16-25)20-21-5-6-22-3-1-2-4-26(22)19-21/h1-14,19,25,29H,15-18,20H2. The second-order valence-corrected chi connectivity index (χ2v) is 8.88. The van der Waals surface area contributed by atoms with E-state index in [1.165, 1.54) is 40.6 Å². The van der Waals surface area contributed by atoms with Crippen LogP contribution in [0.4, 0.5) is 8.78 Å². The smallest absolute Gasteiger partial charge is 0.123 e. The van der Waals surface area contributed by atoms with Crippen LogP contribution in [-0.2, 0) is 6.54 Å². The van der Waals surface area contributed by atoms with Gasteiger partial charge in [-0.15, -0.1) is 0 Å². The number of nitrogens with zero attached hydrogens (tertiary/aromatic N) is 1. The Hall–Kier alpha value is -3.04. The normalized spacial score (nSPS) is 15.5. The largest absolute Gasteiger partial charge is 0.299 e. The molecule has 0 amide bonds. The number of fused-ring (bicyclic) bond motifs is 1. The maximum absolute atomic E-state index is 13.5. The summed E-state index contributed by atoms with van der Waals surface area (Å²) in [6.45, 7) is 3.00. The van der Waals surface area contributed by atoms with Crippen LogP contribution >= 0.6 is 0 Å². The third kappa shape index (κ3) is 4.58. The fourth-order valence-corrected chi connectivity index (χ4v) is 5.12. The molecular formula is C29H27F2N. The minimum Gasteiger partial charge on any atom is -0.299 e. The summed E-state index contributed by atoms with van der Waals surface area (Å²) in [4.78, 5) is 2.52. The molecule has 0 unspecified atom stereocenters. The molecule has 1 aliphatic heterocycles. The lowest BCUT2D eigenvalue weighted by molar-refractivity contribution is 0.168. The average Bonchev–Trinajstić information content (AvgIpc) is 2.83. The highest BCUT2D eigenvalue weighted by Crippen LogP contribution is 2.38. The first-order valence-electron chi connectivity index (χ1n) is 11.4. The number of piperidine rings is 1. The molecule has 162 valence electrons. The summed E-state index contributed by atoms with van der Waals surface area (Å²) in [7, 11) is 0. The molecule has 3 heteroatoms. The Labute approximate surface area is 188 Å². The van der Waals surface area contributed by atoms with Crippen molar-refractivity contribution in [2.24, 2.45) is 5.92 Å². The molecule has 32 heavy (non-hydrogen) atoms. The summed E-state index contributed by atoms with van der Waals surface area (Å²) >= 11 is 0. The van der Waals surface area contributed by atoms with Crippen molar-refractivity contribution < 1.29 is 8.78 Å². The SMILES string of the molecule is Fc1ccc(C(c2ccc(F)cc2)C2CCN(Cc3ccc4ccccc4c3)CC2)cc1. The van der Waals surface area contributed by atoms with E-state index in [1.807, 2.05) is 24.3 Å². The van der Waals surface area contributed by atoms with Crippen LogP contribution in [0.15, 0.2) is 91.0 Å². The zero-order chi connectivity index (χ0) is 21.9. The minimum atomic E-state index is -0.225. The van der Waals surface area contributed by atoms with Crippen LogP contribution in [0, 0.1) is 17.6 Å². The Bertz CT molecular complexity index is 1130. The molecule has 0 aliphatic carbocycles. The molecule has 0 radical (unpaired) electrons. The molecule has 1 aliphatic rings. The van der Waals surface area contributed by atoms with Gasteiger partial charge in [-0.1, -0.05) is 60.7 Å². The fourth-order valence-electron chi connectivity index (χ4n) is 5.12. The van der Waals surface area contributed by atoms with E-state index in [0.717, 1.165) is 43.6 Å². The monoisotopic (exact) mass is 427 g/mol. The maximum Gasteiger partial charge on any atom is 0.123 e. The highest BCUT2D eigenvalue weighted by atomic mass is 19.1. The van der Waals surface area contributed by atoms with Crippen LogP contribution in [0.2, 0.25) is 0 Å². The molecule has 1 saturated heterocycles. The fraction of sp³-hybridized carbons (Fsp3) is 0.241. The van der Waals surface area contributed by atoms with E-state index in [9.17, 15) is 8.78 Å². The molecule has 0 bridgehead atoms. The topological polar surface area (TPSA) is 3.24 Å². The van der Waals surface area contributed by atoms with Gasteiger partial charge in [0.2, 0.25) is 0 Å². The second-order valence-electron chi connectivity index (χ2n) is 8.88. The lowest BCUT2D eigenvalue weighted by atomic mass is 9.76. The van der Waals surface area contributed by atoms with Crippen LogP contribution < -0.4 is 0 Å². The lowest BCUT2D eigenvalue weighted by Crippen LogP contribution is -2.35. The molecule has 4 aromatic rings. The van der Waals surface area contributed by atoms with Crippen molar-refractivity contribution in [3.63, 3.8) is 0 Å². The van der Waals surface area contributed by atoms with Gasteiger partial charge in [-0.3, -0.25) is 4.90 Å². The van der Waals surface area contributed by atoms with E-state index >= 15 is 0 Å². The van der Waals surface area contributed by atoms with Crippen molar-refractivity contribution in [1.29, 1.82) is 0 Å². The van der Waals surface area contributed by atoms with Crippen LogP contribution in [0.25, 0.3) is 10.8 Å². The zero-order valence-corrected chi connectivity index (χ0v) is 18.1. The highest BCUT2D eigenvalue weighted by molar-refractivity contribution is 5.82. The van der Waals surface area contributed by atoms with Crippen LogP contribution in [-0.4, -0.2) is 18.0 Å². The van der Waals surface area contributed by atoms with E-state index in [-0.39, 0.29) is 17.6 Å². The molecular weight excluding hydrogens is 400 g/mol. The van der Waals surface area contributed by atoms with Crippen LogP contribution in [0.3, 0.4) is 0 Å². The Morgan fingerprint density at radius 2 is 1.25 bits per heavy atom. The molecule has 0 spiro atoms. The van der Waals surface area contributed by atoms with E-state index in [1.54, 1.807) is 0 Å². The van der Waals surface area contributed by atoms with Gasteiger partial charge in [-0.25, -0.2) is 8.78 Å². The summed E-state index contributed by atoms with van der Waals surface area (Å²) < 4.78 is 27.1. The van der Waals surface area contributed by atoms with Gasteiger partial charge >= 0.3 is 0 Å². The Morgan fingerprint density at radius 1 is 0.688 bits per heavy atom. The molecule has 0 N–H and O–H groups in total. The van der Waals surface area contributed by atoms with E-state index in [4.69, 9.17) is 0 Å². The Morgan fingerprint density at radius 3 is 1.84 bits per heavy atom. The van der Waals surface area contributed by atoms with Crippen molar-refractivity contribution in [1.82, 2.24) is 4.90 Å². The summed E-state index contributed by atoms with van der Waals surface area (Å²) in [5.74, 6) is 0.145. The summed E-state index contributed by atoms with van der Waals surface area (Å²) in [5.41, 5.74) is 3.55. The minimum absolute atomic E-state index is 0.152. The Kier molecular flexibility index (Phi) is 6.00. The molecule has 0 aromatic heterocycles. The van der Waals surface area contributed by atoms with Crippen molar-refractivity contribution in [2.75, 3.05) is 13.1 Å². The number of halogens is 2. The van der Waals surface area contributed by atoms with Gasteiger partial charge in [0.05, 0.1) is 0 Å². The van der Waals surface area contributed by atoms with Crippen molar-refractivity contribution in [3.8, 4) is 0 Å². The quantitative estimate of drug-likeness (QED) is 0.327. The van der Waals surface area contributed by atoms with Gasteiger partial charge in [0.15, 0.2) is 0 Å². The van der Waals surface area contributed by atoms with Gasteiger partial charge in [0.25, 0.3) is 0 Å². The number of benzene rings is 4. The van der Waals surface area contributed by atoms with Crippen molar-refractivity contribution >= 4 is 10.8 Å². The van der Waals surface area contributed by atoms with Gasteiger partial charge in [-0.05, 0) is 89.6 Å². The van der Waals surface area contributed by atoms with E-state index in [0.29, 0.717) is 5.92 Å². The van der Waals surface area contributed by atoms with Crippen molar-refractivity contribution in [2.45, 2.75) is 25.3 Å². The van der Waals surface area contributed by atoms with Crippen molar-refractivity contribution in [3.05, 3.63) is 119 Å². The van der Waals surface area contributed by atoms with E-state index < -0.39 is 0 Å². The van der Waals surface area contributed by atoms with Crippen LogP contribution in [0.1, 0.15) is 35.4 Å². The molecule has 1 fully saturated rings. The number of hydrogen-bond donors (Lipinski definition) is 0. The predicted octanol–water partition coefficient (Wildman–Crippen LogP) is 7.16. The molecule has 1 nitrogen and oxygen atoms in total. The van der Waals surface area contributed by atoms with Crippen LogP contribution in [0.5, 0.6) is 0 Å². The Balaban J connectivity index is 1.31. The molecule has 0 atom stereocenters. The lowest BCUT2D eigenvalue weighted by Gasteiger charge is -2.36. The number of likely N-dealkylation sites (tertiary alicyclic amines) is 1. The first-order chi connectivity index (χ1) is 15.7. The number of hydrogen-bond acceptors (Lipinski definition) is 1. The summed E-state index contributed by atoms with van der Waals surface area (Å²) in [6, 6.07) is 28.8. The van der Waals surface area contributed by atoms with Gasteiger partial charge in [-0.2, -0.15) is 0 Å². The summed E-state index contributed by atoms with van der Waals surface area (Å²) in [6.07, 6.45) is 2.13. The second kappa shape index (κ2) is 9.22. The van der Waals surface area contributed by atoms with Gasteiger partial charge < -0.3 is 0 Å². The average molecular weight is 428 g/mol. The third-order valence-electron chi connectivity index (χ3n) is 6.78.